The largest absolute Gasteiger partial charge is 0.364 e. The number of hydrogen-bond donors (Lipinski definition) is 1. The molecule has 96 valence electrons. The number of allylic oxidation sites excluding steroid dienone is 6. The van der Waals surface area contributed by atoms with Crippen molar-refractivity contribution in [1.29, 1.82) is 0 Å². The van der Waals surface area contributed by atoms with E-state index in [1.807, 2.05) is 13.8 Å². The molecular formula is C14H18N2O2. The second-order valence-electron chi connectivity index (χ2n) is 2.89. The maximum atomic E-state index is 10.8. The molecule has 1 aromatic heterocycles. The lowest BCUT2D eigenvalue weighted by atomic mass is 10.1. The Morgan fingerprint density at radius 3 is 2.50 bits per heavy atom. The Bertz CT molecular complexity index is 468. The van der Waals surface area contributed by atoms with Crippen molar-refractivity contribution >= 4 is 11.5 Å². The lowest BCUT2D eigenvalue weighted by Gasteiger charge is -1.92. The Morgan fingerprint density at radius 2 is 2.06 bits per heavy atom. The van der Waals surface area contributed by atoms with Crippen molar-refractivity contribution in [2.75, 3.05) is 0 Å². The minimum Gasteiger partial charge on any atom is -0.364 e. The van der Waals surface area contributed by atoms with Crippen molar-refractivity contribution in [3.63, 3.8) is 0 Å². The molecular weight excluding hydrogens is 228 g/mol. The minimum absolute atomic E-state index is 0.0944. The van der Waals surface area contributed by atoms with E-state index < -0.39 is 5.91 Å². The summed E-state index contributed by atoms with van der Waals surface area (Å²) in [6, 6.07) is 1.48. The van der Waals surface area contributed by atoms with Gasteiger partial charge in [0.25, 0.3) is 5.91 Å². The summed E-state index contributed by atoms with van der Waals surface area (Å²) in [4.78, 5) is 10.8. The molecule has 0 spiro atoms. The number of carbonyl (C=O) groups is 1. The summed E-state index contributed by atoms with van der Waals surface area (Å²) in [6.07, 6.45) is 8.46. The predicted molar refractivity (Wildman–Crippen MR) is 73.9 cm³/mol. The number of amides is 1. The summed E-state index contributed by atoms with van der Waals surface area (Å²) in [5.41, 5.74) is 5.89. The van der Waals surface area contributed by atoms with Crippen LogP contribution in [0.15, 0.2) is 54.1 Å². The van der Waals surface area contributed by atoms with E-state index >= 15 is 0 Å². The van der Waals surface area contributed by atoms with Gasteiger partial charge in [-0.05, 0) is 0 Å². The van der Waals surface area contributed by atoms with Crippen LogP contribution in [0.4, 0.5) is 0 Å². The van der Waals surface area contributed by atoms with Gasteiger partial charge in [-0.3, -0.25) is 4.79 Å². The van der Waals surface area contributed by atoms with Gasteiger partial charge in [-0.1, -0.05) is 62.5 Å². The number of aromatic nitrogens is 1. The molecule has 4 heteroatoms. The molecule has 1 rings (SSSR count). The summed E-state index contributed by atoms with van der Waals surface area (Å²) in [5.74, 6) is -0.174. The molecule has 0 unspecified atom stereocenters. The van der Waals surface area contributed by atoms with Gasteiger partial charge < -0.3 is 10.3 Å². The predicted octanol–water partition coefficient (Wildman–Crippen LogP) is 3.11. The molecule has 0 radical (unpaired) electrons. The zero-order valence-electron chi connectivity index (χ0n) is 10.7. The van der Waals surface area contributed by atoms with Gasteiger partial charge in [-0.25, -0.2) is 0 Å². The normalized spacial score (nSPS) is 10.7. The van der Waals surface area contributed by atoms with Crippen LogP contribution in [0.25, 0.3) is 5.57 Å². The molecule has 0 fully saturated rings. The van der Waals surface area contributed by atoms with Crippen LogP contribution in [0.3, 0.4) is 0 Å². The third-order valence-corrected chi connectivity index (χ3v) is 1.76. The summed E-state index contributed by atoms with van der Waals surface area (Å²) >= 11 is 0. The summed E-state index contributed by atoms with van der Waals surface area (Å²) < 4.78 is 4.99. The molecule has 1 heterocycles. The van der Waals surface area contributed by atoms with Crippen molar-refractivity contribution in [2.45, 2.75) is 13.8 Å². The van der Waals surface area contributed by atoms with Crippen molar-refractivity contribution < 1.29 is 9.32 Å². The van der Waals surface area contributed by atoms with E-state index in [2.05, 4.69) is 18.3 Å². The van der Waals surface area contributed by atoms with E-state index in [1.165, 1.54) is 6.07 Å². The van der Waals surface area contributed by atoms with Gasteiger partial charge in [0.1, 0.15) is 0 Å². The standard InChI is InChI=1S/C12H12N2O2.C2H6/c1-3-5-7-9(6-4-2)11-8-10(12(13)15)14-16-11;1-2/h3-8H,1-2H2,(H2,13,15);1-2H3/b7-5-,9-6+;. The van der Waals surface area contributed by atoms with Gasteiger partial charge in [-0.2, -0.15) is 0 Å². The number of nitrogens with two attached hydrogens (primary N) is 1. The molecule has 2 N–H and O–H groups in total. The second kappa shape index (κ2) is 8.75. The van der Waals surface area contributed by atoms with Gasteiger partial charge in [0.05, 0.1) is 0 Å². The van der Waals surface area contributed by atoms with Crippen LogP contribution in [0, 0.1) is 0 Å². The molecule has 1 aromatic rings. The van der Waals surface area contributed by atoms with Crippen molar-refractivity contribution in [2.24, 2.45) is 5.73 Å². The Morgan fingerprint density at radius 1 is 1.39 bits per heavy atom. The topological polar surface area (TPSA) is 69.1 Å². The quantitative estimate of drug-likeness (QED) is 0.811. The second-order valence-corrected chi connectivity index (χ2v) is 2.89. The first kappa shape index (κ1) is 15.6. The van der Waals surface area contributed by atoms with Gasteiger partial charge in [0, 0.05) is 11.6 Å². The summed E-state index contributed by atoms with van der Waals surface area (Å²) in [7, 11) is 0. The highest BCUT2D eigenvalue weighted by molar-refractivity contribution is 5.91. The molecule has 0 saturated carbocycles. The number of carbonyl (C=O) groups excluding carboxylic acids is 1. The Hall–Kier alpha value is -2.36. The van der Waals surface area contributed by atoms with Gasteiger partial charge >= 0.3 is 0 Å². The highest BCUT2D eigenvalue weighted by Gasteiger charge is 2.10. The zero-order valence-corrected chi connectivity index (χ0v) is 10.7. The van der Waals surface area contributed by atoms with Crippen molar-refractivity contribution in [3.8, 4) is 0 Å². The first-order valence-corrected chi connectivity index (χ1v) is 5.57. The smallest absolute Gasteiger partial charge is 0.270 e. The van der Waals surface area contributed by atoms with Crippen molar-refractivity contribution in [1.82, 2.24) is 5.16 Å². The number of nitrogens with zero attached hydrogens (tertiary/aromatic N) is 1. The van der Waals surface area contributed by atoms with Gasteiger partial charge in [-0.15, -0.1) is 0 Å². The van der Waals surface area contributed by atoms with Crippen LogP contribution < -0.4 is 5.73 Å². The zero-order chi connectivity index (χ0) is 14.0. The molecule has 0 aromatic carbocycles. The Kier molecular flexibility index (Phi) is 7.61. The average molecular weight is 246 g/mol. The summed E-state index contributed by atoms with van der Waals surface area (Å²) in [6.45, 7) is 11.1. The average Bonchev–Trinajstić information content (AvgIpc) is 2.86. The summed E-state index contributed by atoms with van der Waals surface area (Å²) in [5, 5.41) is 3.54. The molecule has 0 bridgehead atoms. The number of primary amides is 1. The van der Waals surface area contributed by atoms with Gasteiger partial charge in [0.15, 0.2) is 11.5 Å². The molecule has 0 aliphatic carbocycles. The molecule has 4 nitrogen and oxygen atoms in total. The third kappa shape index (κ3) is 4.65. The van der Waals surface area contributed by atoms with E-state index in [9.17, 15) is 4.79 Å². The van der Waals surface area contributed by atoms with Crippen LogP contribution in [0.5, 0.6) is 0 Å². The highest BCUT2D eigenvalue weighted by atomic mass is 16.5. The fourth-order valence-electron chi connectivity index (χ4n) is 1.05. The van der Waals surface area contributed by atoms with Crippen LogP contribution in [0.2, 0.25) is 0 Å². The highest BCUT2D eigenvalue weighted by Crippen LogP contribution is 2.17. The first-order valence-electron chi connectivity index (χ1n) is 5.57. The molecule has 1 amide bonds. The first-order chi connectivity index (χ1) is 8.69. The third-order valence-electron chi connectivity index (χ3n) is 1.76. The van der Waals surface area contributed by atoms with Gasteiger partial charge in [0.2, 0.25) is 0 Å². The fourth-order valence-corrected chi connectivity index (χ4v) is 1.05. The van der Waals surface area contributed by atoms with E-state index in [0.29, 0.717) is 5.76 Å². The number of rotatable bonds is 5. The monoisotopic (exact) mass is 246 g/mol. The van der Waals surface area contributed by atoms with Crippen LogP contribution in [0.1, 0.15) is 30.1 Å². The van der Waals surface area contributed by atoms with Crippen molar-refractivity contribution in [3.05, 3.63) is 61.1 Å². The number of hydrogen-bond acceptors (Lipinski definition) is 3. The Balaban J connectivity index is 0.00000137. The molecule has 0 aliphatic rings. The Labute approximate surface area is 107 Å². The molecule has 0 saturated heterocycles. The molecule has 18 heavy (non-hydrogen) atoms. The SMILES string of the molecule is C=C/C=C\C(=C/C=C)c1cc(C(N)=O)no1.CC. The van der Waals surface area contributed by atoms with E-state index in [-0.39, 0.29) is 5.69 Å². The molecule has 0 atom stereocenters. The lowest BCUT2D eigenvalue weighted by molar-refractivity contribution is 0.0991. The van der Waals surface area contributed by atoms with E-state index in [1.54, 1.807) is 30.4 Å². The van der Waals surface area contributed by atoms with Crippen LogP contribution in [-0.2, 0) is 0 Å². The fraction of sp³-hybridized carbons (Fsp3) is 0.143. The van der Waals surface area contributed by atoms with Crippen LogP contribution >= 0.6 is 0 Å². The lowest BCUT2D eigenvalue weighted by Crippen LogP contribution is -2.10. The maximum absolute atomic E-state index is 10.8. The van der Waals surface area contributed by atoms with Crippen LogP contribution in [-0.4, -0.2) is 11.1 Å². The molecule has 0 aliphatic heterocycles. The van der Waals surface area contributed by atoms with E-state index in [0.717, 1.165) is 5.57 Å². The maximum Gasteiger partial charge on any atom is 0.270 e. The minimum atomic E-state index is -0.624. The van der Waals surface area contributed by atoms with E-state index in [4.69, 9.17) is 10.3 Å².